The molecule has 0 atom stereocenters. The molecule has 1 heterocycles. The quantitative estimate of drug-likeness (QED) is 0.623. The highest BCUT2D eigenvalue weighted by atomic mass is 35.5. The molecule has 0 saturated heterocycles. The highest BCUT2D eigenvalue weighted by Gasteiger charge is 2.15. The van der Waals surface area contributed by atoms with Crippen molar-refractivity contribution in [3.05, 3.63) is 64.6 Å². The molecule has 1 N–H and O–H groups in total. The number of hydrogen-bond acceptors (Lipinski definition) is 6. The van der Waals surface area contributed by atoms with E-state index in [4.69, 9.17) is 21.1 Å². The number of carbonyl (C=O) groups excluding carboxylic acids is 2. The summed E-state index contributed by atoms with van der Waals surface area (Å²) in [6.07, 6.45) is 0. The average Bonchev–Trinajstić information content (AvgIpc) is 3.18. The monoisotopic (exact) mass is 402 g/mol. The summed E-state index contributed by atoms with van der Waals surface area (Å²) >= 11 is 7.28. The molecule has 3 aromatic rings. The zero-order valence-electron chi connectivity index (χ0n) is 14.3. The Hall–Kier alpha value is -2.90. The van der Waals surface area contributed by atoms with Gasteiger partial charge in [-0.3, -0.25) is 4.79 Å². The average molecular weight is 403 g/mol. The molecule has 0 bridgehead atoms. The number of para-hydroxylation sites is 1. The number of rotatable bonds is 6. The van der Waals surface area contributed by atoms with E-state index in [2.05, 4.69) is 10.3 Å². The van der Waals surface area contributed by atoms with Crippen LogP contribution in [0.3, 0.4) is 0 Å². The summed E-state index contributed by atoms with van der Waals surface area (Å²) < 4.78 is 10.1. The lowest BCUT2D eigenvalue weighted by Gasteiger charge is -2.07. The van der Waals surface area contributed by atoms with Gasteiger partial charge in [-0.25, -0.2) is 9.78 Å². The maximum absolute atomic E-state index is 12.1. The van der Waals surface area contributed by atoms with Crippen LogP contribution in [-0.4, -0.2) is 30.6 Å². The second kappa shape index (κ2) is 8.66. The van der Waals surface area contributed by atoms with Gasteiger partial charge in [0.25, 0.3) is 5.91 Å². The molecule has 0 unspecified atom stereocenters. The third kappa shape index (κ3) is 4.84. The van der Waals surface area contributed by atoms with E-state index in [0.29, 0.717) is 15.7 Å². The number of amides is 1. The van der Waals surface area contributed by atoms with Crippen LogP contribution in [0.25, 0.3) is 10.6 Å². The molecule has 138 valence electrons. The van der Waals surface area contributed by atoms with Crippen LogP contribution in [0.5, 0.6) is 5.75 Å². The zero-order valence-corrected chi connectivity index (χ0v) is 15.8. The number of esters is 1. The van der Waals surface area contributed by atoms with Crippen LogP contribution in [0, 0.1) is 0 Å². The predicted molar refractivity (Wildman–Crippen MR) is 104 cm³/mol. The smallest absolute Gasteiger partial charge is 0.358 e. The number of anilines is 1. The van der Waals surface area contributed by atoms with Crippen LogP contribution in [-0.2, 0) is 9.53 Å². The van der Waals surface area contributed by atoms with Crippen LogP contribution >= 0.6 is 22.9 Å². The fourth-order valence-electron chi connectivity index (χ4n) is 2.19. The molecule has 27 heavy (non-hydrogen) atoms. The minimum atomic E-state index is -0.666. The lowest BCUT2D eigenvalue weighted by molar-refractivity contribution is -0.119. The number of nitrogens with one attached hydrogen (secondary N) is 1. The highest BCUT2D eigenvalue weighted by molar-refractivity contribution is 7.13. The molecular formula is C19H15ClN2O4S. The van der Waals surface area contributed by atoms with Gasteiger partial charge in [-0.15, -0.1) is 11.3 Å². The van der Waals surface area contributed by atoms with Crippen molar-refractivity contribution in [3.8, 4) is 16.3 Å². The molecule has 6 nitrogen and oxygen atoms in total. The Morgan fingerprint density at radius 1 is 1.15 bits per heavy atom. The fourth-order valence-corrected chi connectivity index (χ4v) is 3.17. The number of carbonyl (C=O) groups is 2. The van der Waals surface area contributed by atoms with Gasteiger partial charge in [0, 0.05) is 10.9 Å². The summed E-state index contributed by atoms with van der Waals surface area (Å²) in [4.78, 5) is 28.3. The minimum Gasteiger partial charge on any atom is -0.497 e. The Labute approximate surface area is 164 Å². The van der Waals surface area contributed by atoms with Crippen molar-refractivity contribution in [2.24, 2.45) is 0 Å². The van der Waals surface area contributed by atoms with Crippen molar-refractivity contribution >= 4 is 40.5 Å². The highest BCUT2D eigenvalue weighted by Crippen LogP contribution is 2.26. The molecule has 0 radical (unpaired) electrons. The van der Waals surface area contributed by atoms with E-state index in [1.54, 1.807) is 36.8 Å². The molecule has 0 aliphatic carbocycles. The van der Waals surface area contributed by atoms with Gasteiger partial charge in [-0.2, -0.15) is 0 Å². The second-order valence-electron chi connectivity index (χ2n) is 5.37. The van der Waals surface area contributed by atoms with Gasteiger partial charge in [0.1, 0.15) is 10.8 Å². The maximum atomic E-state index is 12.1. The number of halogens is 1. The molecule has 0 spiro atoms. The SMILES string of the molecule is COc1ccc(-c2nc(C(=O)OCC(=O)Nc3ccccc3Cl)cs2)cc1. The standard InChI is InChI=1S/C19H15ClN2O4S/c1-25-13-8-6-12(7-9-13)18-22-16(11-27-18)19(24)26-10-17(23)21-15-5-3-2-4-14(15)20/h2-9,11H,10H2,1H3,(H,21,23). The summed E-state index contributed by atoms with van der Waals surface area (Å²) in [5.74, 6) is -0.415. The molecule has 1 amide bonds. The number of aromatic nitrogens is 1. The van der Waals surface area contributed by atoms with Crippen molar-refractivity contribution < 1.29 is 19.1 Å². The third-order valence-corrected chi connectivity index (χ3v) is 4.75. The van der Waals surface area contributed by atoms with Crippen LogP contribution in [0.15, 0.2) is 53.9 Å². The zero-order chi connectivity index (χ0) is 19.2. The molecule has 0 saturated carbocycles. The van der Waals surface area contributed by atoms with Crippen molar-refractivity contribution in [1.82, 2.24) is 4.98 Å². The number of ether oxygens (including phenoxy) is 2. The first-order chi connectivity index (χ1) is 13.1. The number of benzene rings is 2. The van der Waals surface area contributed by atoms with Crippen molar-refractivity contribution in [3.63, 3.8) is 0 Å². The van der Waals surface area contributed by atoms with E-state index < -0.39 is 18.5 Å². The lowest BCUT2D eigenvalue weighted by Crippen LogP contribution is -2.21. The summed E-state index contributed by atoms with van der Waals surface area (Å²) in [7, 11) is 1.59. The molecule has 0 aliphatic rings. The van der Waals surface area contributed by atoms with Gasteiger partial charge < -0.3 is 14.8 Å². The van der Waals surface area contributed by atoms with Gasteiger partial charge >= 0.3 is 5.97 Å². The lowest BCUT2D eigenvalue weighted by atomic mass is 10.2. The summed E-state index contributed by atoms with van der Waals surface area (Å²) in [5.41, 5.74) is 1.46. The summed E-state index contributed by atoms with van der Waals surface area (Å²) in [6, 6.07) is 14.1. The van der Waals surface area contributed by atoms with Crippen molar-refractivity contribution in [2.45, 2.75) is 0 Å². The van der Waals surface area contributed by atoms with E-state index in [9.17, 15) is 9.59 Å². The molecular weight excluding hydrogens is 388 g/mol. The summed E-state index contributed by atoms with van der Waals surface area (Å²) in [5, 5.41) is 5.25. The fraction of sp³-hybridized carbons (Fsp3) is 0.105. The number of nitrogens with zero attached hydrogens (tertiary/aromatic N) is 1. The van der Waals surface area contributed by atoms with Crippen LogP contribution in [0.1, 0.15) is 10.5 Å². The van der Waals surface area contributed by atoms with Gasteiger partial charge in [-0.05, 0) is 36.4 Å². The van der Waals surface area contributed by atoms with Gasteiger partial charge in [-0.1, -0.05) is 23.7 Å². The van der Waals surface area contributed by atoms with E-state index in [1.165, 1.54) is 11.3 Å². The number of hydrogen-bond donors (Lipinski definition) is 1. The predicted octanol–water partition coefficient (Wildman–Crippen LogP) is 4.27. The van der Waals surface area contributed by atoms with E-state index in [1.807, 2.05) is 24.3 Å². The first-order valence-corrected chi connectivity index (χ1v) is 9.14. The second-order valence-corrected chi connectivity index (χ2v) is 6.64. The normalized spacial score (nSPS) is 10.3. The molecule has 0 aliphatic heterocycles. The minimum absolute atomic E-state index is 0.149. The molecule has 1 aromatic heterocycles. The maximum Gasteiger partial charge on any atom is 0.358 e. The Morgan fingerprint density at radius 2 is 1.89 bits per heavy atom. The van der Waals surface area contributed by atoms with Crippen LogP contribution in [0.2, 0.25) is 5.02 Å². The van der Waals surface area contributed by atoms with Crippen molar-refractivity contribution in [2.75, 3.05) is 19.0 Å². The topological polar surface area (TPSA) is 77.5 Å². The van der Waals surface area contributed by atoms with Gasteiger partial charge in [0.2, 0.25) is 0 Å². The van der Waals surface area contributed by atoms with E-state index in [-0.39, 0.29) is 5.69 Å². The Morgan fingerprint density at radius 3 is 2.59 bits per heavy atom. The third-order valence-electron chi connectivity index (χ3n) is 3.53. The Balaban J connectivity index is 1.57. The van der Waals surface area contributed by atoms with E-state index in [0.717, 1.165) is 11.3 Å². The Bertz CT molecular complexity index is 956. The first kappa shape index (κ1) is 18.9. The van der Waals surface area contributed by atoms with Gasteiger partial charge in [0.15, 0.2) is 12.3 Å². The van der Waals surface area contributed by atoms with Crippen LogP contribution < -0.4 is 10.1 Å². The van der Waals surface area contributed by atoms with Gasteiger partial charge in [0.05, 0.1) is 17.8 Å². The Kier molecular flexibility index (Phi) is 6.05. The number of methoxy groups -OCH3 is 1. The molecule has 3 rings (SSSR count). The number of thiazole rings is 1. The molecule has 2 aromatic carbocycles. The molecule has 0 fully saturated rings. The van der Waals surface area contributed by atoms with E-state index >= 15 is 0 Å². The molecule has 8 heteroatoms. The summed E-state index contributed by atoms with van der Waals surface area (Å²) in [6.45, 7) is -0.431. The van der Waals surface area contributed by atoms with Crippen LogP contribution in [0.4, 0.5) is 5.69 Å². The first-order valence-electron chi connectivity index (χ1n) is 7.88. The largest absolute Gasteiger partial charge is 0.497 e. The van der Waals surface area contributed by atoms with Crippen molar-refractivity contribution in [1.29, 1.82) is 0 Å².